The Morgan fingerprint density at radius 2 is 1.42 bits per heavy atom. The van der Waals surface area contributed by atoms with Crippen molar-refractivity contribution in [3.8, 4) is 0 Å². The number of ether oxygens (including phenoxy) is 1. The van der Waals surface area contributed by atoms with Crippen LogP contribution in [0.2, 0.25) is 0 Å². The number of allylic oxidation sites excluding steroid dienone is 8. The summed E-state index contributed by atoms with van der Waals surface area (Å²) in [6.07, 6.45) is 4.89. The van der Waals surface area contributed by atoms with Crippen molar-refractivity contribution < 1.29 is 28.7 Å². The van der Waals surface area contributed by atoms with Crippen molar-refractivity contribution in [1.29, 1.82) is 0 Å². The molecule has 0 aromatic carbocycles. The van der Waals surface area contributed by atoms with E-state index >= 15 is 0 Å². The molecule has 6 heteroatoms. The topological polar surface area (TPSA) is 94.6 Å². The molecular weight excluding hydrogens is 336 g/mol. The molecule has 2 aliphatic rings. The van der Waals surface area contributed by atoms with Gasteiger partial charge in [0.15, 0.2) is 0 Å². The van der Waals surface area contributed by atoms with E-state index in [9.17, 15) is 24.0 Å². The minimum Gasteiger partial charge on any atom is -0.434 e. The lowest BCUT2D eigenvalue weighted by Gasteiger charge is -2.15. The minimum atomic E-state index is -0.624. The van der Waals surface area contributed by atoms with Crippen LogP contribution in [-0.4, -0.2) is 29.1 Å². The zero-order valence-electron chi connectivity index (χ0n) is 15.0. The minimum absolute atomic E-state index is 0.151. The summed E-state index contributed by atoms with van der Waals surface area (Å²) < 4.78 is 5.03. The van der Waals surface area contributed by atoms with Gasteiger partial charge < -0.3 is 4.74 Å². The van der Waals surface area contributed by atoms with E-state index in [1.807, 2.05) is 0 Å². The fourth-order valence-corrected chi connectivity index (χ4v) is 2.80. The predicted molar refractivity (Wildman–Crippen MR) is 92.8 cm³/mol. The van der Waals surface area contributed by atoms with Gasteiger partial charge in [0.05, 0.1) is 12.7 Å². The molecule has 0 radical (unpaired) electrons. The van der Waals surface area contributed by atoms with Crippen molar-refractivity contribution in [2.24, 2.45) is 0 Å². The quantitative estimate of drug-likeness (QED) is 0.333. The largest absolute Gasteiger partial charge is 0.434 e. The molecule has 0 saturated carbocycles. The van der Waals surface area contributed by atoms with Gasteiger partial charge >= 0.3 is 5.97 Å². The van der Waals surface area contributed by atoms with Crippen LogP contribution in [0.1, 0.15) is 34.1 Å². The molecule has 0 unspecified atom stereocenters. The first kappa shape index (κ1) is 19.2. The molecule has 0 aromatic heterocycles. The molecule has 6 nitrogen and oxygen atoms in total. The first-order valence-corrected chi connectivity index (χ1v) is 7.94. The summed E-state index contributed by atoms with van der Waals surface area (Å²) in [6, 6.07) is 0. The second kappa shape index (κ2) is 7.39. The number of carbonyl (C=O) groups is 5. The number of hydrogen-bond acceptors (Lipinski definition) is 6. The Kier molecular flexibility index (Phi) is 5.45. The van der Waals surface area contributed by atoms with Gasteiger partial charge in [0.25, 0.3) is 0 Å². The zero-order valence-corrected chi connectivity index (χ0v) is 15.0. The van der Waals surface area contributed by atoms with Crippen LogP contribution in [-0.2, 0) is 28.7 Å². The molecule has 134 valence electrons. The summed E-state index contributed by atoms with van der Waals surface area (Å²) in [5.74, 6) is -2.99. The van der Waals surface area contributed by atoms with Crippen LogP contribution in [0, 0.1) is 0 Å². The SMILES string of the molecule is CC1=CC(=O)C(=O)C(C)=C1/C=C/OC(=O)CC1=C(C)C(=O)C(=O)C=C1C. The predicted octanol–water partition coefficient (Wildman–Crippen LogP) is 2.26. The first-order valence-electron chi connectivity index (χ1n) is 7.94. The van der Waals surface area contributed by atoms with Crippen LogP contribution < -0.4 is 0 Å². The third kappa shape index (κ3) is 3.74. The van der Waals surface area contributed by atoms with Gasteiger partial charge in [-0.25, -0.2) is 0 Å². The van der Waals surface area contributed by atoms with E-state index in [1.54, 1.807) is 13.8 Å². The molecule has 0 aliphatic heterocycles. The van der Waals surface area contributed by atoms with Gasteiger partial charge in [-0.1, -0.05) is 0 Å². The molecule has 0 amide bonds. The van der Waals surface area contributed by atoms with E-state index in [-0.39, 0.29) is 17.6 Å². The zero-order chi connectivity index (χ0) is 19.6. The Hall–Kier alpha value is -3.15. The van der Waals surface area contributed by atoms with Crippen LogP contribution in [0.4, 0.5) is 0 Å². The van der Waals surface area contributed by atoms with E-state index in [1.165, 1.54) is 32.1 Å². The molecule has 2 rings (SSSR count). The molecule has 0 atom stereocenters. The van der Waals surface area contributed by atoms with Crippen LogP contribution in [0.5, 0.6) is 0 Å². The van der Waals surface area contributed by atoms with E-state index < -0.39 is 29.1 Å². The maximum atomic E-state index is 12.0. The van der Waals surface area contributed by atoms with E-state index in [0.29, 0.717) is 22.3 Å². The Morgan fingerprint density at radius 1 is 0.885 bits per heavy atom. The third-order valence-electron chi connectivity index (χ3n) is 4.34. The normalized spacial score (nSPS) is 18.6. The summed E-state index contributed by atoms with van der Waals surface area (Å²) >= 11 is 0. The Labute approximate surface area is 150 Å². The molecule has 0 bridgehead atoms. The third-order valence-corrected chi connectivity index (χ3v) is 4.34. The van der Waals surface area contributed by atoms with Gasteiger partial charge in [-0.15, -0.1) is 0 Å². The lowest BCUT2D eigenvalue weighted by atomic mass is 9.89. The lowest BCUT2D eigenvalue weighted by Crippen LogP contribution is -2.20. The molecule has 0 saturated heterocycles. The average Bonchev–Trinajstić information content (AvgIpc) is 2.58. The maximum absolute atomic E-state index is 12.0. The highest BCUT2D eigenvalue weighted by atomic mass is 16.5. The fourth-order valence-electron chi connectivity index (χ4n) is 2.80. The van der Waals surface area contributed by atoms with Crippen molar-refractivity contribution in [2.45, 2.75) is 34.1 Å². The van der Waals surface area contributed by atoms with Crippen LogP contribution >= 0.6 is 0 Å². The smallest absolute Gasteiger partial charge is 0.315 e. The van der Waals surface area contributed by atoms with Gasteiger partial charge in [0.1, 0.15) is 0 Å². The van der Waals surface area contributed by atoms with Crippen LogP contribution in [0.15, 0.2) is 57.9 Å². The number of ketones is 4. The summed E-state index contributed by atoms with van der Waals surface area (Å²) in [5, 5.41) is 0. The molecule has 0 aromatic rings. The number of Topliss-reactive ketones (excluding diaryl/α,β-unsaturated/α-hetero) is 2. The highest BCUT2D eigenvalue weighted by Gasteiger charge is 2.25. The number of esters is 1. The van der Waals surface area contributed by atoms with E-state index in [2.05, 4.69) is 0 Å². The Balaban J connectivity index is 2.09. The summed E-state index contributed by atoms with van der Waals surface area (Å²) in [5.41, 5.74) is 2.68. The van der Waals surface area contributed by atoms with Crippen molar-refractivity contribution in [3.63, 3.8) is 0 Å². The van der Waals surface area contributed by atoms with Gasteiger partial charge in [-0.2, -0.15) is 0 Å². The molecular formula is C20H18O6. The summed E-state index contributed by atoms with van der Waals surface area (Å²) in [4.78, 5) is 58.4. The van der Waals surface area contributed by atoms with Crippen molar-refractivity contribution in [3.05, 3.63) is 57.9 Å². The van der Waals surface area contributed by atoms with Gasteiger partial charge in [0.2, 0.25) is 23.1 Å². The highest BCUT2D eigenvalue weighted by Crippen LogP contribution is 2.25. The maximum Gasteiger partial charge on any atom is 0.315 e. The van der Waals surface area contributed by atoms with E-state index in [4.69, 9.17) is 4.74 Å². The average molecular weight is 354 g/mol. The van der Waals surface area contributed by atoms with Crippen molar-refractivity contribution in [1.82, 2.24) is 0 Å². The Morgan fingerprint density at radius 3 is 2.04 bits per heavy atom. The van der Waals surface area contributed by atoms with Gasteiger partial charge in [0, 0.05) is 11.1 Å². The fraction of sp³-hybridized carbons (Fsp3) is 0.250. The monoisotopic (exact) mass is 354 g/mol. The number of carbonyl (C=O) groups excluding carboxylic acids is 5. The van der Waals surface area contributed by atoms with Crippen molar-refractivity contribution in [2.75, 3.05) is 0 Å². The Bertz CT molecular complexity index is 903. The van der Waals surface area contributed by atoms with Crippen LogP contribution in [0.3, 0.4) is 0 Å². The lowest BCUT2D eigenvalue weighted by molar-refractivity contribution is -0.137. The molecule has 0 N–H and O–H groups in total. The second-order valence-electron chi connectivity index (χ2n) is 6.15. The second-order valence-corrected chi connectivity index (χ2v) is 6.15. The molecule has 0 fully saturated rings. The molecule has 26 heavy (non-hydrogen) atoms. The highest BCUT2D eigenvalue weighted by molar-refractivity contribution is 6.49. The molecule has 0 spiro atoms. The summed E-state index contributed by atoms with van der Waals surface area (Å²) in [6.45, 7) is 6.37. The molecule has 0 heterocycles. The molecule has 2 aliphatic carbocycles. The van der Waals surface area contributed by atoms with Gasteiger partial charge in [-0.05, 0) is 68.2 Å². The summed E-state index contributed by atoms with van der Waals surface area (Å²) in [7, 11) is 0. The first-order chi connectivity index (χ1) is 12.1. The standard InChI is InChI=1S/C20H18O6/c1-10-7-16(21)19(24)12(3)14(10)5-6-26-18(23)9-15-11(2)8-17(22)20(25)13(15)4/h5-8H,9H2,1-4H3/b6-5+. The number of hydrogen-bond donors (Lipinski definition) is 0. The number of rotatable bonds is 4. The van der Waals surface area contributed by atoms with Crippen molar-refractivity contribution >= 4 is 29.1 Å². The van der Waals surface area contributed by atoms with Gasteiger partial charge in [-0.3, -0.25) is 24.0 Å². The van der Waals surface area contributed by atoms with E-state index in [0.717, 1.165) is 6.26 Å². The van der Waals surface area contributed by atoms with Crippen LogP contribution in [0.25, 0.3) is 0 Å².